The molecule has 30 heavy (non-hydrogen) atoms. The fraction of sp³-hybridized carbons (Fsp3) is 0.333. The Morgan fingerprint density at radius 2 is 2.17 bits per heavy atom. The lowest BCUT2D eigenvalue weighted by Gasteiger charge is -2.17. The Balaban J connectivity index is 1.43. The Hall–Kier alpha value is -2.78. The molecule has 0 bridgehead atoms. The van der Waals surface area contributed by atoms with Crippen molar-refractivity contribution in [1.82, 2.24) is 15.0 Å². The predicted octanol–water partition coefficient (Wildman–Crippen LogP) is 4.22. The first-order valence-electron chi connectivity index (χ1n) is 9.80. The van der Waals surface area contributed by atoms with Crippen LogP contribution in [0, 0.1) is 5.92 Å². The van der Waals surface area contributed by atoms with Crippen molar-refractivity contribution in [3.05, 3.63) is 50.4 Å². The van der Waals surface area contributed by atoms with E-state index >= 15 is 0 Å². The molecule has 4 aromatic rings. The SMILES string of the molecule is CC1CCc2c(sc3nc(C(C)OC(=O)c4ccc5nc(N)sc5c4)[nH]c(=O)c23)C1. The van der Waals surface area contributed by atoms with Crippen LogP contribution in [-0.4, -0.2) is 20.9 Å². The van der Waals surface area contributed by atoms with E-state index in [9.17, 15) is 9.59 Å². The first kappa shape index (κ1) is 19.2. The van der Waals surface area contributed by atoms with Gasteiger partial charge in [-0.15, -0.1) is 11.3 Å². The van der Waals surface area contributed by atoms with Crippen LogP contribution in [0.5, 0.6) is 0 Å². The standard InChI is InChI=1S/C21H20N4O3S2/c1-9-3-5-12-14(7-9)29-19-16(12)18(26)24-17(25-19)10(2)28-20(27)11-4-6-13-15(8-11)30-21(22)23-13/h4,6,8-10H,3,5,7H2,1-2H3,(H2,22,23)(H,24,25,26). The summed E-state index contributed by atoms with van der Waals surface area (Å²) >= 11 is 2.90. The quantitative estimate of drug-likeness (QED) is 0.462. The number of benzene rings is 1. The van der Waals surface area contributed by atoms with E-state index in [-0.39, 0.29) is 5.56 Å². The minimum Gasteiger partial charge on any atom is -0.451 e. The van der Waals surface area contributed by atoms with E-state index in [1.54, 1.807) is 36.5 Å². The van der Waals surface area contributed by atoms with Crippen LogP contribution in [0.1, 0.15) is 53.0 Å². The van der Waals surface area contributed by atoms with Gasteiger partial charge < -0.3 is 15.5 Å². The molecule has 1 aliphatic carbocycles. The summed E-state index contributed by atoms with van der Waals surface area (Å²) in [5.74, 6) is 0.490. The highest BCUT2D eigenvalue weighted by Gasteiger charge is 2.24. The number of fused-ring (bicyclic) bond motifs is 4. The number of hydrogen-bond donors (Lipinski definition) is 2. The smallest absolute Gasteiger partial charge is 0.338 e. The maximum Gasteiger partial charge on any atom is 0.338 e. The number of anilines is 1. The minimum absolute atomic E-state index is 0.161. The molecule has 9 heteroatoms. The number of nitrogen functional groups attached to an aromatic ring is 1. The van der Waals surface area contributed by atoms with Crippen LogP contribution in [0.4, 0.5) is 5.13 Å². The van der Waals surface area contributed by atoms with Crippen LogP contribution in [0.2, 0.25) is 0 Å². The van der Waals surface area contributed by atoms with Crippen molar-refractivity contribution >= 4 is 54.2 Å². The molecule has 2 atom stereocenters. The van der Waals surface area contributed by atoms with Gasteiger partial charge in [-0.1, -0.05) is 18.3 Å². The third-order valence-electron chi connectivity index (χ3n) is 5.49. The number of rotatable bonds is 3. The van der Waals surface area contributed by atoms with Crippen molar-refractivity contribution in [2.24, 2.45) is 5.92 Å². The van der Waals surface area contributed by atoms with Crippen molar-refractivity contribution in [3.8, 4) is 0 Å². The highest BCUT2D eigenvalue weighted by atomic mass is 32.1. The van der Waals surface area contributed by atoms with Crippen molar-refractivity contribution in [1.29, 1.82) is 0 Å². The summed E-state index contributed by atoms with van der Waals surface area (Å²) < 4.78 is 6.41. The van der Waals surface area contributed by atoms with Gasteiger partial charge in [0, 0.05) is 4.88 Å². The van der Waals surface area contributed by atoms with Gasteiger partial charge >= 0.3 is 5.97 Å². The average Bonchev–Trinajstić information content (AvgIpc) is 3.25. The predicted molar refractivity (Wildman–Crippen MR) is 119 cm³/mol. The fourth-order valence-corrected chi connectivity index (χ4v) is 6.08. The van der Waals surface area contributed by atoms with Crippen molar-refractivity contribution < 1.29 is 9.53 Å². The molecule has 1 aromatic carbocycles. The largest absolute Gasteiger partial charge is 0.451 e. The molecule has 0 saturated carbocycles. The third kappa shape index (κ3) is 3.27. The van der Waals surface area contributed by atoms with Gasteiger partial charge in [0.05, 0.1) is 21.2 Å². The number of H-pyrrole nitrogens is 1. The van der Waals surface area contributed by atoms with Crippen LogP contribution in [0.3, 0.4) is 0 Å². The number of nitrogens with one attached hydrogen (secondary N) is 1. The molecule has 0 amide bonds. The Bertz CT molecular complexity index is 1350. The van der Waals surface area contributed by atoms with E-state index in [0.717, 1.165) is 39.9 Å². The molecule has 0 fully saturated rings. The second-order valence-corrected chi connectivity index (χ2v) is 9.91. The molecule has 3 N–H and O–H groups in total. The molecule has 0 spiro atoms. The highest BCUT2D eigenvalue weighted by Crippen LogP contribution is 2.36. The van der Waals surface area contributed by atoms with Crippen LogP contribution in [0.25, 0.3) is 20.4 Å². The van der Waals surface area contributed by atoms with Crippen LogP contribution >= 0.6 is 22.7 Å². The molecular formula is C21H20N4O3S2. The molecule has 154 valence electrons. The first-order chi connectivity index (χ1) is 14.4. The molecule has 0 saturated heterocycles. The summed E-state index contributed by atoms with van der Waals surface area (Å²) in [6.45, 7) is 3.94. The van der Waals surface area contributed by atoms with Crippen molar-refractivity contribution in [2.45, 2.75) is 39.2 Å². The Morgan fingerprint density at radius 1 is 1.33 bits per heavy atom. The number of nitrogens with zero attached hydrogens (tertiary/aromatic N) is 2. The Morgan fingerprint density at radius 3 is 3.00 bits per heavy atom. The minimum atomic E-state index is -0.685. The number of thiazole rings is 1. The average molecular weight is 441 g/mol. The van der Waals surface area contributed by atoms with Crippen molar-refractivity contribution in [3.63, 3.8) is 0 Å². The summed E-state index contributed by atoms with van der Waals surface area (Å²) in [5, 5.41) is 1.14. The van der Waals surface area contributed by atoms with Gasteiger partial charge in [-0.05, 0) is 55.9 Å². The first-order valence-corrected chi connectivity index (χ1v) is 11.4. The molecule has 5 rings (SSSR count). The maximum atomic E-state index is 12.8. The van der Waals surface area contributed by atoms with E-state index in [1.165, 1.54) is 16.2 Å². The number of carbonyl (C=O) groups is 1. The zero-order valence-corrected chi connectivity index (χ0v) is 18.2. The van der Waals surface area contributed by atoms with Crippen LogP contribution < -0.4 is 11.3 Å². The van der Waals surface area contributed by atoms with E-state index in [1.807, 2.05) is 0 Å². The lowest BCUT2D eigenvalue weighted by Crippen LogP contribution is -2.18. The summed E-state index contributed by atoms with van der Waals surface area (Å²) in [6, 6.07) is 5.11. The zero-order valence-electron chi connectivity index (χ0n) is 16.5. The van der Waals surface area contributed by atoms with Gasteiger partial charge in [0.1, 0.15) is 4.83 Å². The van der Waals surface area contributed by atoms with Gasteiger partial charge in [-0.3, -0.25) is 4.79 Å². The Labute approximate surface area is 179 Å². The number of carbonyl (C=O) groups excluding carboxylic acids is 1. The number of hydrogen-bond acceptors (Lipinski definition) is 8. The molecule has 1 aliphatic rings. The third-order valence-corrected chi connectivity index (χ3v) is 7.49. The van der Waals surface area contributed by atoms with Gasteiger partial charge in [-0.25, -0.2) is 14.8 Å². The fourth-order valence-electron chi connectivity index (χ4n) is 3.91. The molecular weight excluding hydrogens is 420 g/mol. The van der Waals surface area contributed by atoms with Gasteiger partial charge in [-0.2, -0.15) is 0 Å². The van der Waals surface area contributed by atoms with E-state index in [4.69, 9.17) is 10.5 Å². The van der Waals surface area contributed by atoms with Gasteiger partial charge in [0.15, 0.2) is 17.1 Å². The van der Waals surface area contributed by atoms with Gasteiger partial charge in [0.2, 0.25) is 0 Å². The van der Waals surface area contributed by atoms with Crippen LogP contribution in [-0.2, 0) is 17.6 Å². The molecule has 3 aromatic heterocycles. The highest BCUT2D eigenvalue weighted by molar-refractivity contribution is 7.22. The summed E-state index contributed by atoms with van der Waals surface area (Å²) in [4.78, 5) is 39.0. The lowest BCUT2D eigenvalue weighted by atomic mass is 9.89. The number of thiophene rings is 1. The monoisotopic (exact) mass is 440 g/mol. The maximum absolute atomic E-state index is 12.8. The van der Waals surface area contributed by atoms with E-state index in [2.05, 4.69) is 21.9 Å². The number of aromatic amines is 1. The second kappa shape index (κ2) is 7.17. The van der Waals surface area contributed by atoms with Gasteiger partial charge in [0.25, 0.3) is 5.56 Å². The number of esters is 1. The second-order valence-electron chi connectivity index (χ2n) is 7.77. The number of aryl methyl sites for hydroxylation is 1. The van der Waals surface area contributed by atoms with E-state index in [0.29, 0.717) is 27.8 Å². The van der Waals surface area contributed by atoms with Crippen molar-refractivity contribution in [2.75, 3.05) is 5.73 Å². The summed E-state index contributed by atoms with van der Waals surface area (Å²) in [7, 11) is 0. The lowest BCUT2D eigenvalue weighted by molar-refractivity contribution is 0.0320. The molecule has 0 radical (unpaired) electrons. The zero-order chi connectivity index (χ0) is 21.0. The number of aromatic nitrogens is 3. The molecule has 3 heterocycles. The number of nitrogens with two attached hydrogens (primary N) is 1. The van der Waals surface area contributed by atoms with E-state index < -0.39 is 12.1 Å². The molecule has 2 unspecified atom stereocenters. The normalized spacial score (nSPS) is 17.2. The Kier molecular flexibility index (Phi) is 4.59. The van der Waals surface area contributed by atoms with Crippen LogP contribution in [0.15, 0.2) is 23.0 Å². The topological polar surface area (TPSA) is 111 Å². The number of ether oxygens (including phenoxy) is 1. The molecule has 7 nitrogen and oxygen atoms in total. The summed E-state index contributed by atoms with van der Waals surface area (Å²) in [5.41, 5.74) is 7.85. The summed E-state index contributed by atoms with van der Waals surface area (Å²) in [6.07, 6.45) is 2.30. The molecule has 0 aliphatic heterocycles.